The molecule has 2 amide bonds. The summed E-state index contributed by atoms with van der Waals surface area (Å²) in [6.45, 7) is 3.64. The van der Waals surface area contributed by atoms with Gasteiger partial charge in [-0.25, -0.2) is 4.98 Å². The minimum Gasteiger partial charge on any atom is -0.361 e. The maximum absolute atomic E-state index is 12.4. The van der Waals surface area contributed by atoms with Crippen molar-refractivity contribution >= 4 is 40.0 Å². The van der Waals surface area contributed by atoms with Crippen molar-refractivity contribution < 1.29 is 14.1 Å². The molecule has 7 nitrogen and oxygen atoms in total. The molecule has 0 aromatic carbocycles. The van der Waals surface area contributed by atoms with Crippen molar-refractivity contribution in [2.45, 2.75) is 19.9 Å². The maximum Gasteiger partial charge on any atom is 0.277 e. The minimum absolute atomic E-state index is 0.225. The Balaban J connectivity index is 1.72. The molecular formula is C13H14N4O3S2. The molecule has 1 saturated heterocycles. The first-order chi connectivity index (χ1) is 10.5. The molecule has 0 radical (unpaired) electrons. The number of nitrogens with zero attached hydrogens (tertiary/aromatic N) is 3. The molecule has 9 heteroatoms. The fourth-order valence-electron chi connectivity index (χ4n) is 2.08. The van der Waals surface area contributed by atoms with Gasteiger partial charge >= 0.3 is 0 Å². The van der Waals surface area contributed by atoms with Gasteiger partial charge in [-0.2, -0.15) is 0 Å². The fourth-order valence-corrected chi connectivity index (χ4v) is 3.90. The molecule has 0 spiro atoms. The Morgan fingerprint density at radius 2 is 2.27 bits per heavy atom. The Bertz CT molecular complexity index is 712. The lowest BCUT2D eigenvalue weighted by molar-refractivity contribution is -0.119. The van der Waals surface area contributed by atoms with E-state index in [9.17, 15) is 9.59 Å². The van der Waals surface area contributed by atoms with Crippen molar-refractivity contribution in [1.82, 2.24) is 15.0 Å². The Kier molecular flexibility index (Phi) is 4.16. The fraction of sp³-hybridized carbons (Fsp3) is 0.385. The van der Waals surface area contributed by atoms with Crippen LogP contribution in [0.1, 0.15) is 21.1 Å². The highest BCUT2D eigenvalue weighted by atomic mass is 32.2. The monoisotopic (exact) mass is 338 g/mol. The van der Waals surface area contributed by atoms with Gasteiger partial charge in [-0.1, -0.05) is 5.16 Å². The highest BCUT2D eigenvalue weighted by Crippen LogP contribution is 2.25. The van der Waals surface area contributed by atoms with Crippen LogP contribution in [0.5, 0.6) is 0 Å². The first kappa shape index (κ1) is 15.0. The van der Waals surface area contributed by atoms with E-state index >= 15 is 0 Å². The first-order valence-corrected chi connectivity index (χ1v) is 8.57. The zero-order valence-corrected chi connectivity index (χ0v) is 13.7. The van der Waals surface area contributed by atoms with Crippen LogP contribution in [0.2, 0.25) is 0 Å². The zero-order valence-electron chi connectivity index (χ0n) is 12.0. The predicted molar refractivity (Wildman–Crippen MR) is 84.0 cm³/mol. The van der Waals surface area contributed by atoms with Gasteiger partial charge in [0, 0.05) is 22.9 Å². The number of nitrogens with one attached hydrogen (secondary N) is 1. The Hall–Kier alpha value is -1.87. The number of rotatable bonds is 3. The molecule has 1 atom stereocenters. The largest absolute Gasteiger partial charge is 0.361 e. The van der Waals surface area contributed by atoms with Crippen LogP contribution in [0.4, 0.5) is 5.13 Å². The van der Waals surface area contributed by atoms with Crippen LogP contribution >= 0.6 is 23.1 Å². The standard InChI is InChI=1S/C13H14N4O3S2/c1-7-3-9(16-20-7)12(19)17-6-21-5-10(17)11(18)15-13-14-4-8(2)22-13/h3-4,10H,5-6H2,1-2H3,(H,14,15,18). The molecular weight excluding hydrogens is 324 g/mol. The molecule has 0 aliphatic carbocycles. The number of thiazole rings is 1. The normalized spacial score (nSPS) is 17.7. The Labute approximate surface area is 135 Å². The van der Waals surface area contributed by atoms with Gasteiger partial charge in [-0.3, -0.25) is 9.59 Å². The first-order valence-electron chi connectivity index (χ1n) is 6.60. The summed E-state index contributed by atoms with van der Waals surface area (Å²) in [6.07, 6.45) is 1.70. The van der Waals surface area contributed by atoms with E-state index in [1.807, 2.05) is 6.92 Å². The number of thioether (sulfide) groups is 1. The van der Waals surface area contributed by atoms with E-state index in [-0.39, 0.29) is 17.5 Å². The van der Waals surface area contributed by atoms with Crippen LogP contribution in [-0.2, 0) is 4.79 Å². The van der Waals surface area contributed by atoms with Gasteiger partial charge in [0.25, 0.3) is 5.91 Å². The van der Waals surface area contributed by atoms with E-state index in [1.54, 1.807) is 19.2 Å². The molecule has 3 heterocycles. The van der Waals surface area contributed by atoms with E-state index in [0.717, 1.165) is 4.88 Å². The van der Waals surface area contributed by atoms with Crippen molar-refractivity contribution in [3.05, 3.63) is 28.6 Å². The van der Waals surface area contributed by atoms with Gasteiger partial charge in [-0.15, -0.1) is 23.1 Å². The third-order valence-electron chi connectivity index (χ3n) is 3.14. The lowest BCUT2D eigenvalue weighted by Gasteiger charge is -2.21. The number of carbonyl (C=O) groups is 2. The summed E-state index contributed by atoms with van der Waals surface area (Å²) < 4.78 is 4.93. The average Bonchev–Trinajstić information content (AvgIpc) is 3.19. The second kappa shape index (κ2) is 6.09. The topological polar surface area (TPSA) is 88.3 Å². The zero-order chi connectivity index (χ0) is 15.7. The van der Waals surface area contributed by atoms with E-state index < -0.39 is 6.04 Å². The van der Waals surface area contributed by atoms with E-state index in [2.05, 4.69) is 15.5 Å². The second-order valence-electron chi connectivity index (χ2n) is 4.88. The molecule has 0 bridgehead atoms. The molecule has 1 aliphatic rings. The highest BCUT2D eigenvalue weighted by molar-refractivity contribution is 7.99. The van der Waals surface area contributed by atoms with Gasteiger partial charge in [0.15, 0.2) is 10.8 Å². The summed E-state index contributed by atoms with van der Waals surface area (Å²) in [5, 5.41) is 7.03. The van der Waals surface area contributed by atoms with Crippen LogP contribution in [0.3, 0.4) is 0 Å². The number of hydrogen-bond donors (Lipinski definition) is 1. The summed E-state index contributed by atoms with van der Waals surface area (Å²) >= 11 is 2.94. The van der Waals surface area contributed by atoms with Gasteiger partial charge in [0.05, 0.1) is 5.88 Å². The lowest BCUT2D eigenvalue weighted by Crippen LogP contribution is -2.44. The molecule has 1 N–H and O–H groups in total. The van der Waals surface area contributed by atoms with Crippen LogP contribution < -0.4 is 5.32 Å². The predicted octanol–water partition coefficient (Wildman–Crippen LogP) is 1.90. The highest BCUT2D eigenvalue weighted by Gasteiger charge is 2.36. The molecule has 2 aromatic heterocycles. The quantitative estimate of drug-likeness (QED) is 0.919. The average molecular weight is 338 g/mol. The van der Waals surface area contributed by atoms with E-state index in [4.69, 9.17) is 4.52 Å². The van der Waals surface area contributed by atoms with Crippen LogP contribution in [0.15, 0.2) is 16.8 Å². The number of aromatic nitrogens is 2. The molecule has 2 aromatic rings. The summed E-state index contributed by atoms with van der Waals surface area (Å²) in [7, 11) is 0. The number of hydrogen-bond acceptors (Lipinski definition) is 7. The van der Waals surface area contributed by atoms with Crippen LogP contribution in [0.25, 0.3) is 0 Å². The number of amides is 2. The van der Waals surface area contributed by atoms with Crippen molar-refractivity contribution in [3.63, 3.8) is 0 Å². The van der Waals surface area contributed by atoms with Crippen LogP contribution in [0, 0.1) is 13.8 Å². The number of aryl methyl sites for hydroxylation is 2. The minimum atomic E-state index is -0.529. The van der Waals surface area contributed by atoms with Gasteiger partial charge in [0.2, 0.25) is 5.91 Å². The lowest BCUT2D eigenvalue weighted by atomic mass is 10.2. The summed E-state index contributed by atoms with van der Waals surface area (Å²) in [5.74, 6) is 1.05. The third kappa shape index (κ3) is 3.00. The summed E-state index contributed by atoms with van der Waals surface area (Å²) in [4.78, 5) is 31.4. The third-order valence-corrected chi connectivity index (χ3v) is 4.98. The Morgan fingerprint density at radius 3 is 2.91 bits per heavy atom. The Morgan fingerprint density at radius 1 is 1.45 bits per heavy atom. The number of carbonyl (C=O) groups excluding carboxylic acids is 2. The number of anilines is 1. The molecule has 3 rings (SSSR count). The summed E-state index contributed by atoms with van der Waals surface area (Å²) in [6, 6.07) is 1.04. The molecule has 0 saturated carbocycles. The van der Waals surface area contributed by atoms with Gasteiger partial charge in [-0.05, 0) is 13.8 Å². The van der Waals surface area contributed by atoms with Crippen molar-refractivity contribution in [3.8, 4) is 0 Å². The smallest absolute Gasteiger partial charge is 0.277 e. The molecule has 116 valence electrons. The molecule has 1 fully saturated rings. The van der Waals surface area contributed by atoms with Gasteiger partial charge in [0.1, 0.15) is 11.8 Å². The van der Waals surface area contributed by atoms with E-state index in [0.29, 0.717) is 22.5 Å². The van der Waals surface area contributed by atoms with Crippen LogP contribution in [-0.4, -0.2) is 44.5 Å². The maximum atomic E-state index is 12.4. The van der Waals surface area contributed by atoms with Gasteiger partial charge < -0.3 is 14.7 Å². The van der Waals surface area contributed by atoms with Crippen molar-refractivity contribution in [1.29, 1.82) is 0 Å². The molecule has 1 aliphatic heterocycles. The molecule has 22 heavy (non-hydrogen) atoms. The van der Waals surface area contributed by atoms with E-state index in [1.165, 1.54) is 28.0 Å². The van der Waals surface area contributed by atoms with Crippen molar-refractivity contribution in [2.24, 2.45) is 0 Å². The summed E-state index contributed by atoms with van der Waals surface area (Å²) in [5.41, 5.74) is 0.225. The molecule has 1 unspecified atom stereocenters. The van der Waals surface area contributed by atoms with Crippen molar-refractivity contribution in [2.75, 3.05) is 16.9 Å². The SMILES string of the molecule is Cc1cc(C(=O)N2CSCC2C(=O)Nc2ncc(C)s2)no1. The second-order valence-corrected chi connectivity index (χ2v) is 7.11.